The Balaban J connectivity index is 2.43. The molecular weight excluding hydrogens is 361 g/mol. The van der Waals surface area contributed by atoms with E-state index in [4.69, 9.17) is 0 Å². The van der Waals surface area contributed by atoms with Crippen molar-refractivity contribution in [1.82, 2.24) is 4.98 Å². The third-order valence-electron chi connectivity index (χ3n) is 3.36. The van der Waals surface area contributed by atoms with E-state index in [-0.39, 0.29) is 10.5 Å². The summed E-state index contributed by atoms with van der Waals surface area (Å²) in [6.45, 7) is 1.53. The van der Waals surface area contributed by atoms with Gasteiger partial charge < -0.3 is 10.3 Å². The van der Waals surface area contributed by atoms with Crippen LogP contribution in [-0.4, -0.2) is 25.6 Å². The maximum absolute atomic E-state index is 12.7. The summed E-state index contributed by atoms with van der Waals surface area (Å²) in [6.07, 6.45) is -3.25. The molecule has 0 spiro atoms. The highest BCUT2D eigenvalue weighted by Crippen LogP contribution is 2.29. The maximum atomic E-state index is 12.7. The zero-order chi connectivity index (χ0) is 19.0. The van der Waals surface area contributed by atoms with Crippen molar-refractivity contribution in [1.29, 1.82) is 0 Å². The summed E-state index contributed by atoms with van der Waals surface area (Å²) in [5, 5.41) is 2.08. The zero-order valence-electron chi connectivity index (χ0n) is 13.1. The first kappa shape index (κ1) is 18.7. The van der Waals surface area contributed by atoms with Gasteiger partial charge in [-0.1, -0.05) is 6.07 Å². The first-order chi connectivity index (χ1) is 11.4. The molecule has 0 saturated heterocycles. The number of aromatic nitrogens is 1. The van der Waals surface area contributed by atoms with Gasteiger partial charge in [-0.15, -0.1) is 0 Å². The van der Waals surface area contributed by atoms with Crippen LogP contribution in [0.15, 0.2) is 40.2 Å². The molecule has 2 rings (SSSR count). The predicted octanol–water partition coefficient (Wildman–Crippen LogP) is 2.36. The minimum Gasteiger partial charge on any atom is -0.327 e. The lowest BCUT2D eigenvalue weighted by molar-refractivity contribution is -0.137. The maximum Gasteiger partial charge on any atom is 0.417 e. The normalized spacial score (nSPS) is 12.0. The number of anilines is 1. The summed E-state index contributed by atoms with van der Waals surface area (Å²) in [5.74, 6) is -0.896. The van der Waals surface area contributed by atoms with Crippen molar-refractivity contribution in [3.8, 4) is 0 Å². The van der Waals surface area contributed by atoms with Crippen LogP contribution in [0.3, 0.4) is 0 Å². The number of H-pyrrole nitrogens is 1. The standard InChI is InChI=1S/C15H13F3N2O4S/c1-8-3-4-10(25(2,23)24)6-11(8)13(21)20-12-5-9(15(16,17)18)7-19-14(12)22/h3-7H,1-2H3,(H,19,22)(H,20,21). The van der Waals surface area contributed by atoms with Gasteiger partial charge in [0.25, 0.3) is 11.5 Å². The summed E-state index contributed by atoms with van der Waals surface area (Å²) in [6, 6.07) is 4.30. The quantitative estimate of drug-likeness (QED) is 0.862. The first-order valence-electron chi connectivity index (χ1n) is 6.81. The summed E-state index contributed by atoms with van der Waals surface area (Å²) >= 11 is 0. The summed E-state index contributed by atoms with van der Waals surface area (Å²) in [5.41, 5.74) is -2.32. The highest BCUT2D eigenvalue weighted by atomic mass is 32.2. The van der Waals surface area contributed by atoms with Crippen LogP contribution in [0.2, 0.25) is 0 Å². The van der Waals surface area contributed by atoms with Gasteiger partial charge in [0.05, 0.1) is 10.5 Å². The molecule has 0 aliphatic heterocycles. The lowest BCUT2D eigenvalue weighted by Crippen LogP contribution is -2.22. The molecule has 0 fully saturated rings. The van der Waals surface area contributed by atoms with Gasteiger partial charge in [-0.3, -0.25) is 9.59 Å². The minimum atomic E-state index is -4.70. The number of amides is 1. The predicted molar refractivity (Wildman–Crippen MR) is 84.3 cm³/mol. The van der Waals surface area contributed by atoms with Gasteiger partial charge in [0.15, 0.2) is 9.84 Å². The minimum absolute atomic E-state index is 0.0697. The number of sulfone groups is 1. The highest BCUT2D eigenvalue weighted by Gasteiger charge is 2.31. The van der Waals surface area contributed by atoms with Crippen LogP contribution < -0.4 is 10.9 Å². The Hall–Kier alpha value is -2.62. The fourth-order valence-electron chi connectivity index (χ4n) is 2.01. The Bertz CT molecular complexity index is 995. The van der Waals surface area contributed by atoms with E-state index < -0.39 is 38.7 Å². The number of hydrogen-bond acceptors (Lipinski definition) is 4. The van der Waals surface area contributed by atoms with Gasteiger partial charge in [-0.05, 0) is 30.7 Å². The SMILES string of the molecule is Cc1ccc(S(C)(=O)=O)cc1C(=O)Nc1cc(C(F)(F)F)c[nH]c1=O. The second-order valence-corrected chi connectivity index (χ2v) is 7.35. The first-order valence-corrected chi connectivity index (χ1v) is 8.71. The Labute approximate surface area is 140 Å². The average Bonchev–Trinajstić information content (AvgIpc) is 2.47. The Morgan fingerprint density at radius 2 is 1.84 bits per heavy atom. The summed E-state index contributed by atoms with van der Waals surface area (Å²) in [4.78, 5) is 25.7. The zero-order valence-corrected chi connectivity index (χ0v) is 13.9. The molecule has 25 heavy (non-hydrogen) atoms. The smallest absolute Gasteiger partial charge is 0.327 e. The monoisotopic (exact) mass is 374 g/mol. The van der Waals surface area contributed by atoms with Crippen LogP contribution >= 0.6 is 0 Å². The number of carbonyl (C=O) groups excluding carboxylic acids is 1. The molecule has 0 aliphatic carbocycles. The van der Waals surface area contributed by atoms with Crippen molar-refractivity contribution >= 4 is 21.4 Å². The van der Waals surface area contributed by atoms with E-state index >= 15 is 0 Å². The van der Waals surface area contributed by atoms with Crippen molar-refractivity contribution in [3.63, 3.8) is 0 Å². The van der Waals surface area contributed by atoms with Crippen LogP contribution in [0.25, 0.3) is 0 Å². The third kappa shape index (κ3) is 4.27. The number of hydrogen-bond donors (Lipinski definition) is 2. The number of carbonyl (C=O) groups is 1. The topological polar surface area (TPSA) is 96.1 Å². The highest BCUT2D eigenvalue weighted by molar-refractivity contribution is 7.90. The summed E-state index contributed by atoms with van der Waals surface area (Å²) in [7, 11) is -3.58. The van der Waals surface area contributed by atoms with Gasteiger partial charge in [0, 0.05) is 18.0 Å². The molecule has 1 aromatic carbocycles. The van der Waals surface area contributed by atoms with Crippen LogP contribution in [-0.2, 0) is 16.0 Å². The van der Waals surface area contributed by atoms with Gasteiger partial charge in [-0.2, -0.15) is 13.2 Å². The molecule has 0 saturated carbocycles. The molecule has 2 N–H and O–H groups in total. The molecule has 134 valence electrons. The van der Waals surface area contributed by atoms with E-state index in [0.717, 1.165) is 12.3 Å². The van der Waals surface area contributed by atoms with E-state index in [1.807, 2.05) is 4.98 Å². The third-order valence-corrected chi connectivity index (χ3v) is 4.47. The van der Waals surface area contributed by atoms with Crippen LogP contribution in [0.1, 0.15) is 21.5 Å². The van der Waals surface area contributed by atoms with Crippen LogP contribution in [0.5, 0.6) is 0 Å². The lowest BCUT2D eigenvalue weighted by atomic mass is 10.1. The van der Waals surface area contributed by atoms with Crippen LogP contribution in [0, 0.1) is 6.92 Å². The molecular formula is C15H13F3N2O4S. The molecule has 10 heteroatoms. The van der Waals surface area contributed by atoms with E-state index in [1.165, 1.54) is 19.1 Å². The second-order valence-electron chi connectivity index (χ2n) is 5.33. The Morgan fingerprint density at radius 3 is 2.40 bits per heavy atom. The van der Waals surface area contributed by atoms with E-state index in [2.05, 4.69) is 5.32 Å². The number of aromatic amines is 1. The Morgan fingerprint density at radius 1 is 1.20 bits per heavy atom. The van der Waals surface area contributed by atoms with Crippen molar-refractivity contribution in [2.24, 2.45) is 0 Å². The van der Waals surface area contributed by atoms with Crippen molar-refractivity contribution < 1.29 is 26.4 Å². The van der Waals surface area contributed by atoms with Crippen molar-refractivity contribution in [2.75, 3.05) is 11.6 Å². The van der Waals surface area contributed by atoms with Gasteiger partial charge in [0.2, 0.25) is 0 Å². The number of benzene rings is 1. The fraction of sp³-hybridized carbons (Fsp3) is 0.200. The van der Waals surface area contributed by atoms with Crippen LogP contribution in [0.4, 0.5) is 18.9 Å². The molecule has 0 unspecified atom stereocenters. The molecule has 1 aromatic heterocycles. The van der Waals surface area contributed by atoms with Crippen molar-refractivity contribution in [2.45, 2.75) is 18.0 Å². The van der Waals surface area contributed by atoms with E-state index in [9.17, 15) is 31.2 Å². The van der Waals surface area contributed by atoms with Gasteiger partial charge in [0.1, 0.15) is 5.69 Å². The molecule has 0 radical (unpaired) electrons. The number of halogens is 3. The average molecular weight is 374 g/mol. The fourth-order valence-corrected chi connectivity index (χ4v) is 2.65. The number of pyridine rings is 1. The summed E-state index contributed by atoms with van der Waals surface area (Å²) < 4.78 is 61.3. The second kappa shape index (κ2) is 6.36. The number of alkyl halides is 3. The largest absolute Gasteiger partial charge is 0.417 e. The molecule has 6 nitrogen and oxygen atoms in total. The van der Waals surface area contributed by atoms with Gasteiger partial charge in [-0.25, -0.2) is 8.42 Å². The molecule has 2 aromatic rings. The van der Waals surface area contributed by atoms with Gasteiger partial charge >= 0.3 is 6.18 Å². The molecule has 1 heterocycles. The van der Waals surface area contributed by atoms with Crippen molar-refractivity contribution in [3.05, 3.63) is 57.5 Å². The molecule has 0 aliphatic rings. The molecule has 0 atom stereocenters. The van der Waals surface area contributed by atoms with E-state index in [0.29, 0.717) is 17.8 Å². The van der Waals surface area contributed by atoms with E-state index in [1.54, 1.807) is 0 Å². The molecule has 0 bridgehead atoms. The number of rotatable bonds is 3. The number of aryl methyl sites for hydroxylation is 1. The lowest BCUT2D eigenvalue weighted by Gasteiger charge is -2.11. The Kier molecular flexibility index (Phi) is 4.76. The number of nitrogens with one attached hydrogen (secondary N) is 2. The molecule has 1 amide bonds.